The molecule has 28 heavy (non-hydrogen) atoms. The molecule has 2 aromatic carbocycles. The van der Waals surface area contributed by atoms with Crippen molar-refractivity contribution in [3.8, 4) is 0 Å². The average molecular weight is 382 g/mol. The first kappa shape index (κ1) is 20.6. The fourth-order valence-electron chi connectivity index (χ4n) is 3.42. The maximum Gasteiger partial charge on any atom is 0.338 e. The quantitative estimate of drug-likeness (QED) is 0.451. The molecule has 152 valence electrons. The molecule has 0 aliphatic carbocycles. The van der Waals surface area contributed by atoms with Crippen molar-refractivity contribution < 1.29 is 10.9 Å². The van der Waals surface area contributed by atoms with E-state index in [0.717, 1.165) is 16.7 Å². The second-order valence-corrected chi connectivity index (χ2v) is 8.62. The van der Waals surface area contributed by atoms with Gasteiger partial charge in [-0.05, 0) is 59.8 Å². The van der Waals surface area contributed by atoms with Crippen LogP contribution in [0.5, 0.6) is 0 Å². The highest BCUT2D eigenvalue weighted by Gasteiger charge is 2.24. The first-order valence-corrected chi connectivity index (χ1v) is 10.5. The molecule has 0 spiro atoms. The van der Waals surface area contributed by atoms with E-state index in [1.54, 1.807) is 6.92 Å². The average Bonchev–Trinajstić information content (AvgIpc) is 2.65. The van der Waals surface area contributed by atoms with Gasteiger partial charge in [0.15, 0.2) is 0 Å². The van der Waals surface area contributed by atoms with Gasteiger partial charge in [-0.2, -0.15) is 0 Å². The largest absolute Gasteiger partial charge is 0.459 e. The molecule has 0 saturated carbocycles. The highest BCUT2D eigenvalue weighted by molar-refractivity contribution is 5.93. The lowest BCUT2D eigenvalue weighted by molar-refractivity contribution is 0.0322. The van der Waals surface area contributed by atoms with Gasteiger partial charge in [-0.15, -0.1) is 0 Å². The zero-order valence-electron chi connectivity index (χ0n) is 19.5. The van der Waals surface area contributed by atoms with E-state index in [4.69, 9.17) is 6.11 Å². The molecule has 0 heterocycles. The third-order valence-electron chi connectivity index (χ3n) is 5.21. The summed E-state index contributed by atoms with van der Waals surface area (Å²) >= 11 is 0. The van der Waals surface area contributed by atoms with E-state index in [9.17, 15) is 4.79 Å². The van der Waals surface area contributed by atoms with Crippen molar-refractivity contribution >= 4 is 5.97 Å². The Bertz CT molecular complexity index is 791. The number of hydrogen-bond donors (Lipinski definition) is 0. The van der Waals surface area contributed by atoms with E-state index >= 15 is 0 Å². The maximum atomic E-state index is 13.3. The molecule has 2 rings (SSSR count). The normalized spacial score (nSPS) is 14.3. The van der Waals surface area contributed by atoms with Crippen molar-refractivity contribution in [3.63, 3.8) is 0 Å². The minimum atomic E-state index is -1.27. The number of aryl methyl sites for hydroxylation is 1. The van der Waals surface area contributed by atoms with Crippen LogP contribution in [0.25, 0.3) is 0 Å². The minimum Gasteiger partial charge on any atom is -0.459 e. The summed E-state index contributed by atoms with van der Waals surface area (Å²) in [6.45, 7) is 14.5. The number of carbonyl (C=O) groups is 1. The van der Waals surface area contributed by atoms with Crippen LogP contribution in [0.4, 0.5) is 0 Å². The highest BCUT2D eigenvalue weighted by atomic mass is 16.5. The lowest BCUT2D eigenvalue weighted by Crippen LogP contribution is -2.20. The molecule has 2 nitrogen and oxygen atoms in total. The van der Waals surface area contributed by atoms with Gasteiger partial charge in [0.05, 0.1) is 13.0 Å². The zero-order chi connectivity index (χ0) is 21.8. The van der Waals surface area contributed by atoms with E-state index in [1.165, 1.54) is 5.56 Å². The summed E-state index contributed by atoms with van der Waals surface area (Å²) in [5, 5.41) is 0. The van der Waals surface area contributed by atoms with Gasteiger partial charge in [0, 0.05) is 0 Å². The monoisotopic (exact) mass is 381 g/mol. The van der Waals surface area contributed by atoms with Crippen molar-refractivity contribution in [2.75, 3.05) is 0 Å². The molecule has 1 atom stereocenters. The predicted molar refractivity (Wildman–Crippen MR) is 118 cm³/mol. The molecular formula is C26H36O2. The number of carbonyl (C=O) groups excluding carboxylic acids is 1. The number of rotatable bonds is 8. The van der Waals surface area contributed by atoms with Crippen molar-refractivity contribution in [1.82, 2.24) is 0 Å². The Labute approximate surface area is 172 Å². The van der Waals surface area contributed by atoms with Gasteiger partial charge in [0.25, 0.3) is 0 Å². The second-order valence-electron chi connectivity index (χ2n) is 8.62. The number of hydrogen-bond acceptors (Lipinski definition) is 2. The smallest absolute Gasteiger partial charge is 0.338 e. The molecule has 0 amide bonds. The van der Waals surface area contributed by atoms with E-state index in [-0.39, 0.29) is 17.8 Å². The summed E-state index contributed by atoms with van der Waals surface area (Å²) < 4.78 is 14.3. The fourth-order valence-corrected chi connectivity index (χ4v) is 3.42. The van der Waals surface area contributed by atoms with Gasteiger partial charge in [-0.1, -0.05) is 84.0 Å². The predicted octanol–water partition coefficient (Wildman–Crippen LogP) is 7.23. The first-order valence-electron chi connectivity index (χ1n) is 11.0. The maximum absolute atomic E-state index is 13.3. The van der Waals surface area contributed by atoms with Crippen LogP contribution in [-0.2, 0) is 11.2 Å². The third-order valence-corrected chi connectivity index (χ3v) is 5.21. The van der Waals surface area contributed by atoms with Crippen LogP contribution in [-0.4, -0.2) is 12.0 Å². The van der Waals surface area contributed by atoms with E-state index < -0.39 is 6.08 Å². The van der Waals surface area contributed by atoms with E-state index in [0.29, 0.717) is 24.3 Å². The molecule has 0 radical (unpaired) electrons. The lowest BCUT2D eigenvalue weighted by atomic mass is 9.84. The second kappa shape index (κ2) is 9.91. The van der Waals surface area contributed by atoms with Gasteiger partial charge < -0.3 is 4.74 Å². The van der Waals surface area contributed by atoms with E-state index in [1.807, 2.05) is 30.3 Å². The Balaban J connectivity index is 2.32. The van der Waals surface area contributed by atoms with Crippen molar-refractivity contribution in [2.24, 2.45) is 0 Å². The minimum absolute atomic E-state index is 0.204. The summed E-state index contributed by atoms with van der Waals surface area (Å²) in [4.78, 5) is 13.3. The topological polar surface area (TPSA) is 26.3 Å². The van der Waals surface area contributed by atoms with Crippen LogP contribution < -0.4 is 0 Å². The van der Waals surface area contributed by atoms with Gasteiger partial charge in [0.1, 0.15) is 0 Å². The molecular weight excluding hydrogens is 344 g/mol. The summed E-state index contributed by atoms with van der Waals surface area (Å²) in [7, 11) is 0. The number of ether oxygens (including phenoxy) is 1. The molecule has 0 aliphatic heterocycles. The Hall–Kier alpha value is -2.09. The number of esters is 1. The van der Waals surface area contributed by atoms with Crippen LogP contribution in [0.15, 0.2) is 42.5 Å². The lowest BCUT2D eigenvalue weighted by Gasteiger charge is -2.23. The van der Waals surface area contributed by atoms with Gasteiger partial charge in [-0.3, -0.25) is 0 Å². The summed E-state index contributed by atoms with van der Waals surface area (Å²) in [5.41, 5.74) is 5.07. The highest BCUT2D eigenvalue weighted by Crippen LogP contribution is 2.33. The van der Waals surface area contributed by atoms with Crippen LogP contribution in [0.3, 0.4) is 0 Å². The summed E-state index contributed by atoms with van der Waals surface area (Å²) in [6.07, 6.45) is -0.110. The van der Waals surface area contributed by atoms with Gasteiger partial charge in [0.2, 0.25) is 0 Å². The summed E-state index contributed by atoms with van der Waals surface area (Å²) in [6, 6.07) is 14.3. The molecule has 0 aliphatic rings. The Morgan fingerprint density at radius 2 is 1.43 bits per heavy atom. The van der Waals surface area contributed by atoms with Crippen LogP contribution in [0.2, 0.25) is 0 Å². The van der Waals surface area contributed by atoms with Gasteiger partial charge >= 0.3 is 5.97 Å². The SMILES string of the molecule is [2H][C@@](C)(CCc1ccccc1)OC(=O)c1c(C(C)C)cc(C(C)C)cc1C(C)C. The molecule has 0 N–H and O–H groups in total. The van der Waals surface area contributed by atoms with Crippen molar-refractivity contribution in [2.45, 2.75) is 85.1 Å². The molecule has 2 aromatic rings. The van der Waals surface area contributed by atoms with Crippen LogP contribution in [0.1, 0.15) is 107 Å². The summed E-state index contributed by atoms with van der Waals surface area (Å²) in [5.74, 6) is 0.422. The van der Waals surface area contributed by atoms with E-state index in [2.05, 4.69) is 53.7 Å². The van der Waals surface area contributed by atoms with Crippen LogP contribution in [0, 0.1) is 0 Å². The van der Waals surface area contributed by atoms with Crippen molar-refractivity contribution in [1.29, 1.82) is 0 Å². The Kier molecular flexibility index (Phi) is 7.30. The molecule has 0 aromatic heterocycles. The van der Waals surface area contributed by atoms with Gasteiger partial charge in [-0.25, -0.2) is 4.79 Å². The fraction of sp³-hybridized carbons (Fsp3) is 0.500. The molecule has 0 saturated heterocycles. The third kappa shape index (κ3) is 5.70. The molecule has 0 fully saturated rings. The molecule has 0 bridgehead atoms. The Morgan fingerprint density at radius 3 is 1.89 bits per heavy atom. The standard InChI is InChI=1S/C26H36O2/c1-17(2)22-15-23(18(3)4)25(24(16-22)19(5)6)26(27)28-20(7)13-14-21-11-9-8-10-12-21/h8-12,15-20H,13-14H2,1-7H3/t20-/m1/s1/i20D. The van der Waals surface area contributed by atoms with Crippen molar-refractivity contribution in [3.05, 3.63) is 70.3 Å². The van der Waals surface area contributed by atoms with Crippen LogP contribution >= 0.6 is 0 Å². The molecule has 0 unspecified atom stereocenters. The first-order chi connectivity index (χ1) is 13.5. The Morgan fingerprint density at radius 1 is 0.893 bits per heavy atom. The molecule has 2 heteroatoms. The zero-order valence-corrected chi connectivity index (χ0v) is 18.5. The number of benzene rings is 2.